The van der Waals surface area contributed by atoms with E-state index in [2.05, 4.69) is 36.5 Å². The molecule has 3 saturated carbocycles. The van der Waals surface area contributed by atoms with Crippen molar-refractivity contribution >= 4 is 0 Å². The van der Waals surface area contributed by atoms with Gasteiger partial charge in [-0.1, -0.05) is 36.5 Å². The third-order valence-corrected chi connectivity index (χ3v) is 6.51. The maximum Gasteiger partial charge on any atom is 0 e. The van der Waals surface area contributed by atoms with Gasteiger partial charge in [0.2, 0.25) is 0 Å². The van der Waals surface area contributed by atoms with Crippen LogP contribution in [0.5, 0.6) is 0 Å². The van der Waals surface area contributed by atoms with Gasteiger partial charge in [0.1, 0.15) is 0 Å². The molecule has 0 amide bonds. The van der Waals surface area contributed by atoms with Crippen molar-refractivity contribution in [2.75, 3.05) is 0 Å². The van der Waals surface area contributed by atoms with E-state index < -0.39 is 0 Å². The van der Waals surface area contributed by atoms with Crippen molar-refractivity contribution in [1.82, 2.24) is 0 Å². The van der Waals surface area contributed by atoms with Crippen LogP contribution in [-0.2, 0) is 21.1 Å². The molecule has 0 aromatic heterocycles. The molecule has 124 valence electrons. The van der Waals surface area contributed by atoms with E-state index in [1.54, 1.807) is 0 Å². The molecular weight excluding hydrogens is 447 g/mol. The van der Waals surface area contributed by atoms with Crippen LogP contribution in [0.25, 0.3) is 0 Å². The molecule has 1 heteroatoms. The Labute approximate surface area is 150 Å². The van der Waals surface area contributed by atoms with Crippen LogP contribution in [-0.4, -0.2) is 0 Å². The van der Waals surface area contributed by atoms with Gasteiger partial charge in [0.25, 0.3) is 0 Å². The Morgan fingerprint density at radius 3 is 0.591 bits per heavy atom. The minimum atomic E-state index is 0. The number of hydrogen-bond donors (Lipinski definition) is 0. The quantitative estimate of drug-likeness (QED) is 0.380. The van der Waals surface area contributed by atoms with E-state index in [0.717, 1.165) is 35.5 Å². The Morgan fingerprint density at radius 2 is 0.545 bits per heavy atom. The number of rotatable bonds is 0. The van der Waals surface area contributed by atoms with Gasteiger partial charge < -0.3 is 0 Å². The van der Waals surface area contributed by atoms with Gasteiger partial charge in [-0.05, 0) is 93.3 Å². The molecule has 3 fully saturated rings. The Hall–Kier alpha value is -0.0917. The van der Waals surface area contributed by atoms with Gasteiger partial charge in [-0.25, -0.2) is 0 Å². The molecule has 0 aromatic rings. The summed E-state index contributed by atoms with van der Waals surface area (Å²) < 4.78 is 0. The van der Waals surface area contributed by atoms with Gasteiger partial charge in [0.15, 0.2) is 0 Å². The van der Waals surface area contributed by atoms with Gasteiger partial charge in [0, 0.05) is 21.1 Å². The van der Waals surface area contributed by atoms with Crippen LogP contribution in [0.1, 0.15) is 57.8 Å². The molecule has 0 unspecified atom stereocenters. The second kappa shape index (κ2) is 7.65. The summed E-state index contributed by atoms with van der Waals surface area (Å²) in [5, 5.41) is 0. The van der Waals surface area contributed by atoms with E-state index in [1.807, 2.05) is 0 Å². The van der Waals surface area contributed by atoms with Crippen molar-refractivity contribution in [3.05, 3.63) is 36.5 Å². The molecule has 6 aliphatic carbocycles. The molecule has 0 N–H and O–H groups in total. The smallest absolute Gasteiger partial charge is 0 e. The molecule has 6 rings (SSSR count). The standard InChI is InChI=1S/3C7H10.Pt/c3*1-2-7-4-3-6(1)5-7;/h3*1-2,6-7H,3-5H2;/t3*6-,7+;. The van der Waals surface area contributed by atoms with Crippen LogP contribution in [0.2, 0.25) is 0 Å². The van der Waals surface area contributed by atoms with E-state index >= 15 is 0 Å². The van der Waals surface area contributed by atoms with Gasteiger partial charge >= 0.3 is 0 Å². The fourth-order valence-electron chi connectivity index (χ4n) is 5.15. The Balaban J connectivity index is 0.0000000960. The Kier molecular flexibility index (Phi) is 5.83. The van der Waals surface area contributed by atoms with Crippen LogP contribution >= 0.6 is 0 Å². The zero-order chi connectivity index (χ0) is 14.1. The third kappa shape index (κ3) is 4.05. The van der Waals surface area contributed by atoms with Gasteiger partial charge in [-0.3, -0.25) is 0 Å². The second-order valence-electron chi connectivity index (χ2n) is 8.15. The van der Waals surface area contributed by atoms with Crippen LogP contribution in [0.15, 0.2) is 36.5 Å². The van der Waals surface area contributed by atoms with Crippen LogP contribution in [0, 0.1) is 35.5 Å². The van der Waals surface area contributed by atoms with Crippen molar-refractivity contribution in [1.29, 1.82) is 0 Å². The largest absolute Gasteiger partial charge is 0.0851 e. The van der Waals surface area contributed by atoms with E-state index in [9.17, 15) is 0 Å². The average molecular weight is 478 g/mol. The van der Waals surface area contributed by atoms with Crippen LogP contribution in [0.3, 0.4) is 0 Å². The predicted molar refractivity (Wildman–Crippen MR) is 89.9 cm³/mol. The Bertz CT molecular complexity index is 344. The first-order valence-corrected chi connectivity index (χ1v) is 9.40. The normalized spacial score (nSPS) is 43.6. The minimum absolute atomic E-state index is 0. The summed E-state index contributed by atoms with van der Waals surface area (Å²) in [4.78, 5) is 0. The summed E-state index contributed by atoms with van der Waals surface area (Å²) in [5.74, 6) is 5.94. The summed E-state index contributed by atoms with van der Waals surface area (Å²) in [5.41, 5.74) is 0. The molecule has 0 aliphatic heterocycles. The second-order valence-corrected chi connectivity index (χ2v) is 8.15. The first-order valence-electron chi connectivity index (χ1n) is 9.40. The molecule has 6 bridgehead atoms. The molecule has 0 spiro atoms. The summed E-state index contributed by atoms with van der Waals surface area (Å²) in [6, 6.07) is 0. The molecule has 6 aliphatic rings. The van der Waals surface area contributed by atoms with E-state index in [4.69, 9.17) is 0 Å². The summed E-state index contributed by atoms with van der Waals surface area (Å²) in [6.07, 6.45) is 27.6. The molecule has 0 heterocycles. The van der Waals surface area contributed by atoms with Gasteiger partial charge in [-0.2, -0.15) is 0 Å². The maximum atomic E-state index is 2.38. The molecule has 6 atom stereocenters. The fraction of sp³-hybridized carbons (Fsp3) is 0.714. The zero-order valence-electron chi connectivity index (χ0n) is 13.6. The van der Waals surface area contributed by atoms with Crippen molar-refractivity contribution in [3.63, 3.8) is 0 Å². The molecule has 0 nitrogen and oxygen atoms in total. The topological polar surface area (TPSA) is 0 Å². The van der Waals surface area contributed by atoms with E-state index in [-0.39, 0.29) is 21.1 Å². The van der Waals surface area contributed by atoms with Crippen molar-refractivity contribution in [2.45, 2.75) is 57.8 Å². The molecule has 0 radical (unpaired) electrons. The summed E-state index contributed by atoms with van der Waals surface area (Å²) in [7, 11) is 0. The number of hydrogen-bond acceptors (Lipinski definition) is 0. The summed E-state index contributed by atoms with van der Waals surface area (Å²) >= 11 is 0. The maximum absolute atomic E-state index is 2.38. The SMILES string of the molecule is C1=C[C@H]2CC[C@@H]1C2.C1=C[C@H]2CC[C@@H]1C2.C1=C[C@H]2CC[C@@H]1C2.[Pt]. The zero-order valence-corrected chi connectivity index (χ0v) is 15.9. The van der Waals surface area contributed by atoms with E-state index in [0.29, 0.717) is 0 Å². The molecule has 0 saturated heterocycles. The summed E-state index contributed by atoms with van der Waals surface area (Å²) in [6.45, 7) is 0. The fourth-order valence-corrected chi connectivity index (χ4v) is 5.15. The van der Waals surface area contributed by atoms with Gasteiger partial charge in [0.05, 0.1) is 0 Å². The first-order chi connectivity index (χ1) is 10.3. The van der Waals surface area contributed by atoms with Crippen LogP contribution in [0.4, 0.5) is 0 Å². The monoisotopic (exact) mass is 477 g/mol. The van der Waals surface area contributed by atoms with Crippen molar-refractivity contribution < 1.29 is 21.1 Å². The molecule has 22 heavy (non-hydrogen) atoms. The number of allylic oxidation sites excluding steroid dienone is 6. The average Bonchev–Trinajstić information content (AvgIpc) is 3.39. The minimum Gasteiger partial charge on any atom is -0.0851 e. The van der Waals surface area contributed by atoms with Crippen molar-refractivity contribution in [3.8, 4) is 0 Å². The van der Waals surface area contributed by atoms with Crippen molar-refractivity contribution in [2.24, 2.45) is 35.5 Å². The predicted octanol–water partition coefficient (Wildman–Crippen LogP) is 5.92. The van der Waals surface area contributed by atoms with Gasteiger partial charge in [-0.15, -0.1) is 0 Å². The Morgan fingerprint density at radius 1 is 0.364 bits per heavy atom. The van der Waals surface area contributed by atoms with E-state index in [1.165, 1.54) is 57.8 Å². The number of fused-ring (bicyclic) bond motifs is 6. The third-order valence-electron chi connectivity index (χ3n) is 6.51. The first kappa shape index (κ1) is 16.8. The van der Waals surface area contributed by atoms with Crippen LogP contribution < -0.4 is 0 Å². The molecular formula is C21H30Pt. The molecule has 0 aromatic carbocycles.